The largest absolute Gasteiger partial charge is 0.493 e. The van der Waals surface area contributed by atoms with Crippen molar-refractivity contribution in [2.24, 2.45) is 5.92 Å². The van der Waals surface area contributed by atoms with Crippen LogP contribution in [-0.4, -0.2) is 31.1 Å². The van der Waals surface area contributed by atoms with E-state index in [-0.39, 0.29) is 0 Å². The monoisotopic (exact) mass is 393 g/mol. The van der Waals surface area contributed by atoms with Gasteiger partial charge in [-0.3, -0.25) is 0 Å². The molecular weight excluding hydrogens is 366 g/mol. The van der Waals surface area contributed by atoms with Gasteiger partial charge in [0.2, 0.25) is 5.75 Å². The fourth-order valence-electron chi connectivity index (χ4n) is 3.64. The molecule has 0 radical (unpaired) electrons. The molecule has 2 atom stereocenters. The van der Waals surface area contributed by atoms with Crippen molar-refractivity contribution in [1.82, 2.24) is 9.78 Å². The second-order valence-corrected chi connectivity index (χ2v) is 7.41. The van der Waals surface area contributed by atoms with E-state index in [9.17, 15) is 0 Å². The predicted octanol–water partition coefficient (Wildman–Crippen LogP) is 4.63. The van der Waals surface area contributed by atoms with Gasteiger partial charge in [0.1, 0.15) is 5.82 Å². The molecular formula is C23H27N3O3. The molecule has 2 aromatic carbocycles. The Kier molecular flexibility index (Phi) is 5.34. The molecule has 6 heteroatoms. The Balaban J connectivity index is 1.62. The van der Waals surface area contributed by atoms with E-state index >= 15 is 0 Å². The van der Waals surface area contributed by atoms with Gasteiger partial charge in [-0.25, -0.2) is 4.68 Å². The van der Waals surface area contributed by atoms with Crippen molar-refractivity contribution >= 4 is 5.82 Å². The van der Waals surface area contributed by atoms with Gasteiger partial charge in [-0.15, -0.1) is 0 Å². The Bertz CT molecular complexity index is 959. The molecule has 1 fully saturated rings. The van der Waals surface area contributed by atoms with Crippen LogP contribution < -0.4 is 19.5 Å². The van der Waals surface area contributed by atoms with Crippen LogP contribution in [0.2, 0.25) is 0 Å². The van der Waals surface area contributed by atoms with E-state index in [1.807, 2.05) is 35.0 Å². The molecule has 1 aliphatic carbocycles. The van der Waals surface area contributed by atoms with Crippen LogP contribution in [-0.2, 0) is 6.54 Å². The first-order chi connectivity index (χ1) is 14.1. The van der Waals surface area contributed by atoms with E-state index in [2.05, 4.69) is 30.4 Å². The van der Waals surface area contributed by atoms with Crippen LogP contribution in [0.15, 0.2) is 48.5 Å². The first-order valence-electron chi connectivity index (χ1n) is 9.82. The van der Waals surface area contributed by atoms with Crippen LogP contribution in [0, 0.1) is 5.92 Å². The maximum atomic E-state index is 5.47. The molecule has 1 aromatic heterocycles. The number of nitrogens with one attached hydrogen (secondary N) is 1. The summed E-state index contributed by atoms with van der Waals surface area (Å²) in [4.78, 5) is 0. The minimum Gasteiger partial charge on any atom is -0.493 e. The van der Waals surface area contributed by atoms with Gasteiger partial charge in [-0.2, -0.15) is 5.10 Å². The molecule has 152 valence electrons. The second-order valence-electron chi connectivity index (χ2n) is 7.41. The Labute approximate surface area is 171 Å². The smallest absolute Gasteiger partial charge is 0.203 e. The van der Waals surface area contributed by atoms with Crippen LogP contribution in [0.4, 0.5) is 5.82 Å². The van der Waals surface area contributed by atoms with Crippen molar-refractivity contribution in [3.05, 3.63) is 59.8 Å². The molecule has 0 bridgehead atoms. The average Bonchev–Trinajstić information content (AvgIpc) is 3.34. The van der Waals surface area contributed by atoms with Crippen molar-refractivity contribution in [2.45, 2.75) is 25.8 Å². The summed E-state index contributed by atoms with van der Waals surface area (Å²) in [5.74, 6) is 4.12. The zero-order valence-corrected chi connectivity index (χ0v) is 17.3. The maximum absolute atomic E-state index is 5.47. The zero-order valence-electron chi connectivity index (χ0n) is 17.3. The summed E-state index contributed by atoms with van der Waals surface area (Å²) in [5.41, 5.74) is 3.22. The number of methoxy groups -OCH3 is 3. The van der Waals surface area contributed by atoms with Gasteiger partial charge in [0.25, 0.3) is 0 Å². The van der Waals surface area contributed by atoms with E-state index in [0.29, 0.717) is 35.6 Å². The van der Waals surface area contributed by atoms with Gasteiger partial charge < -0.3 is 19.5 Å². The molecule has 0 unspecified atom stereocenters. The lowest BCUT2D eigenvalue weighted by molar-refractivity contribution is 0.324. The fraction of sp³-hybridized carbons (Fsp3) is 0.348. The minimum atomic E-state index is 0.557. The van der Waals surface area contributed by atoms with Gasteiger partial charge in [-0.1, -0.05) is 25.1 Å². The quantitative estimate of drug-likeness (QED) is 0.604. The van der Waals surface area contributed by atoms with Crippen molar-refractivity contribution < 1.29 is 14.2 Å². The molecule has 0 saturated heterocycles. The van der Waals surface area contributed by atoms with Crippen molar-refractivity contribution in [3.8, 4) is 22.9 Å². The Morgan fingerprint density at radius 3 is 2.21 bits per heavy atom. The summed E-state index contributed by atoms with van der Waals surface area (Å²) in [6.45, 7) is 2.88. The van der Waals surface area contributed by atoms with Crippen molar-refractivity contribution in [1.29, 1.82) is 0 Å². The van der Waals surface area contributed by atoms with E-state index in [4.69, 9.17) is 19.3 Å². The van der Waals surface area contributed by atoms with Crippen molar-refractivity contribution in [2.75, 3.05) is 26.6 Å². The van der Waals surface area contributed by atoms with E-state index in [1.165, 1.54) is 6.42 Å². The first-order valence-corrected chi connectivity index (χ1v) is 9.82. The standard InChI is InChI=1S/C23H27N3O3/c1-15-10-18(15)19-13-22(26(25-19)17-8-6-5-7-9-17)24-14-16-11-20(27-2)23(29-4)21(12-16)28-3/h5-9,11-13,15,18,24H,10,14H2,1-4H3/t15-,18-/m0/s1. The van der Waals surface area contributed by atoms with Gasteiger partial charge in [0, 0.05) is 18.5 Å². The lowest BCUT2D eigenvalue weighted by Crippen LogP contribution is -2.07. The van der Waals surface area contributed by atoms with Crippen LogP contribution in [0.5, 0.6) is 17.2 Å². The predicted molar refractivity (Wildman–Crippen MR) is 114 cm³/mol. The van der Waals surface area contributed by atoms with Gasteiger partial charge >= 0.3 is 0 Å². The zero-order chi connectivity index (χ0) is 20.4. The Morgan fingerprint density at radius 1 is 1.00 bits per heavy atom. The Morgan fingerprint density at radius 2 is 1.66 bits per heavy atom. The van der Waals surface area contributed by atoms with Gasteiger partial charge in [0.15, 0.2) is 11.5 Å². The highest BCUT2D eigenvalue weighted by atomic mass is 16.5. The molecule has 1 saturated carbocycles. The fourth-order valence-corrected chi connectivity index (χ4v) is 3.64. The average molecular weight is 393 g/mol. The molecule has 3 aromatic rings. The van der Waals surface area contributed by atoms with E-state index in [1.54, 1.807) is 21.3 Å². The molecule has 1 N–H and O–H groups in total. The highest BCUT2D eigenvalue weighted by Crippen LogP contribution is 2.47. The third-order valence-corrected chi connectivity index (χ3v) is 5.42. The summed E-state index contributed by atoms with van der Waals surface area (Å²) < 4.78 is 18.3. The highest BCUT2D eigenvalue weighted by Gasteiger charge is 2.36. The molecule has 29 heavy (non-hydrogen) atoms. The Hall–Kier alpha value is -3.15. The number of hydrogen-bond acceptors (Lipinski definition) is 5. The summed E-state index contributed by atoms with van der Waals surface area (Å²) >= 11 is 0. The maximum Gasteiger partial charge on any atom is 0.203 e. The molecule has 1 aliphatic rings. The van der Waals surface area contributed by atoms with Crippen LogP contribution >= 0.6 is 0 Å². The third kappa shape index (κ3) is 3.88. The summed E-state index contributed by atoms with van der Waals surface area (Å²) in [7, 11) is 4.86. The lowest BCUT2D eigenvalue weighted by atomic mass is 10.1. The van der Waals surface area contributed by atoms with Crippen molar-refractivity contribution in [3.63, 3.8) is 0 Å². The second kappa shape index (κ2) is 8.07. The molecule has 0 spiro atoms. The number of benzene rings is 2. The summed E-state index contributed by atoms with van der Waals surface area (Å²) in [6, 6.07) is 16.3. The highest BCUT2D eigenvalue weighted by molar-refractivity contribution is 5.55. The summed E-state index contributed by atoms with van der Waals surface area (Å²) in [6.07, 6.45) is 1.21. The minimum absolute atomic E-state index is 0.557. The number of ether oxygens (including phenoxy) is 3. The number of nitrogens with zero attached hydrogens (tertiary/aromatic N) is 2. The van der Waals surface area contributed by atoms with E-state index in [0.717, 1.165) is 22.8 Å². The van der Waals surface area contributed by atoms with Crippen LogP contribution in [0.25, 0.3) is 5.69 Å². The third-order valence-electron chi connectivity index (χ3n) is 5.42. The number of rotatable bonds is 8. The molecule has 0 amide bonds. The SMILES string of the molecule is COc1cc(CNc2cc([C@H]3C[C@@H]3C)nn2-c2ccccc2)cc(OC)c1OC. The molecule has 1 heterocycles. The summed E-state index contributed by atoms with van der Waals surface area (Å²) in [5, 5.41) is 8.42. The molecule has 0 aliphatic heterocycles. The molecule has 6 nitrogen and oxygen atoms in total. The first kappa shape index (κ1) is 19.2. The lowest BCUT2D eigenvalue weighted by Gasteiger charge is -2.15. The van der Waals surface area contributed by atoms with E-state index < -0.39 is 0 Å². The normalized spacial score (nSPS) is 17.7. The molecule has 4 rings (SSSR count). The topological polar surface area (TPSA) is 57.5 Å². The van der Waals surface area contributed by atoms with Gasteiger partial charge in [-0.05, 0) is 42.2 Å². The number of aromatic nitrogens is 2. The number of anilines is 1. The number of hydrogen-bond donors (Lipinski definition) is 1. The van der Waals surface area contributed by atoms with Gasteiger partial charge in [0.05, 0.1) is 32.7 Å². The van der Waals surface area contributed by atoms with Crippen LogP contribution in [0.1, 0.15) is 30.5 Å². The number of para-hydroxylation sites is 1. The van der Waals surface area contributed by atoms with Crippen LogP contribution in [0.3, 0.4) is 0 Å².